The first kappa shape index (κ1) is 21.4. The predicted octanol–water partition coefficient (Wildman–Crippen LogP) is 5.33. The minimum absolute atomic E-state index is 0.0240. The molecule has 2 atom stereocenters. The van der Waals surface area contributed by atoms with Crippen LogP contribution in [-0.2, 0) is 4.79 Å². The molecule has 0 saturated carbocycles. The van der Waals surface area contributed by atoms with E-state index in [0.29, 0.717) is 32.8 Å². The van der Waals surface area contributed by atoms with Crippen molar-refractivity contribution < 1.29 is 9.59 Å². The third-order valence-electron chi connectivity index (χ3n) is 4.52. The predicted molar refractivity (Wildman–Crippen MR) is 111 cm³/mol. The number of hydrogen-bond acceptors (Lipinski definition) is 5. The highest BCUT2D eigenvalue weighted by molar-refractivity contribution is 8.03. The number of halogens is 1. The summed E-state index contributed by atoms with van der Waals surface area (Å²) in [5, 5.41) is 10.9. The van der Waals surface area contributed by atoms with Gasteiger partial charge in [0, 0.05) is 22.2 Å². The minimum Gasteiger partial charge on any atom is -0.299 e. The molecule has 0 amide bonds. The van der Waals surface area contributed by atoms with Crippen LogP contribution in [0.5, 0.6) is 0 Å². The molecular formula is C21H23ClN2O2S. The van der Waals surface area contributed by atoms with Crippen molar-refractivity contribution in [1.82, 2.24) is 0 Å². The van der Waals surface area contributed by atoms with Crippen molar-refractivity contribution in [2.24, 2.45) is 22.7 Å². The van der Waals surface area contributed by atoms with E-state index in [1.807, 2.05) is 6.92 Å². The zero-order valence-electron chi connectivity index (χ0n) is 16.0. The van der Waals surface area contributed by atoms with Crippen LogP contribution in [0.2, 0.25) is 5.02 Å². The van der Waals surface area contributed by atoms with E-state index in [-0.39, 0.29) is 29.2 Å². The van der Waals surface area contributed by atoms with Crippen LogP contribution in [0.1, 0.15) is 44.5 Å². The lowest BCUT2D eigenvalue weighted by Crippen LogP contribution is -2.33. The Balaban J connectivity index is 2.27. The second-order valence-electron chi connectivity index (χ2n) is 7.13. The van der Waals surface area contributed by atoms with E-state index in [9.17, 15) is 14.9 Å². The number of hydrogen-bond donors (Lipinski definition) is 0. The smallest absolute Gasteiger partial charge is 0.173 e. The highest BCUT2D eigenvalue weighted by Gasteiger charge is 2.36. The van der Waals surface area contributed by atoms with Crippen LogP contribution in [0.3, 0.4) is 0 Å². The number of carbonyl (C=O) groups is 2. The Bertz CT molecular complexity index is 835. The molecule has 0 aliphatic carbocycles. The number of nitrogens with zero attached hydrogens (tertiary/aromatic N) is 2. The maximum Gasteiger partial charge on any atom is 0.173 e. The van der Waals surface area contributed by atoms with Gasteiger partial charge in [-0.05, 0) is 50.5 Å². The number of thioether (sulfide) groups is 1. The molecule has 1 unspecified atom stereocenters. The van der Waals surface area contributed by atoms with Crippen molar-refractivity contribution in [3.8, 4) is 6.07 Å². The van der Waals surface area contributed by atoms with E-state index in [4.69, 9.17) is 11.6 Å². The van der Waals surface area contributed by atoms with Crippen molar-refractivity contribution >= 4 is 40.6 Å². The van der Waals surface area contributed by atoms with Gasteiger partial charge in [-0.3, -0.25) is 9.59 Å². The van der Waals surface area contributed by atoms with Gasteiger partial charge in [-0.2, -0.15) is 5.26 Å². The van der Waals surface area contributed by atoms with Gasteiger partial charge in [0.2, 0.25) is 0 Å². The molecule has 1 heterocycles. The summed E-state index contributed by atoms with van der Waals surface area (Å²) in [4.78, 5) is 29.1. The summed E-state index contributed by atoms with van der Waals surface area (Å²) in [6, 6.07) is 8.99. The molecule has 4 nitrogen and oxygen atoms in total. The highest BCUT2D eigenvalue weighted by atomic mass is 35.5. The molecular weight excluding hydrogens is 380 g/mol. The second kappa shape index (κ2) is 9.34. The maximum absolute atomic E-state index is 12.4. The fourth-order valence-electron chi connectivity index (χ4n) is 3.34. The van der Waals surface area contributed by atoms with Gasteiger partial charge in [0.1, 0.15) is 10.8 Å². The van der Waals surface area contributed by atoms with E-state index >= 15 is 0 Å². The number of carbonyl (C=O) groups excluding carboxylic acids is 2. The zero-order chi connectivity index (χ0) is 20.1. The first-order valence-corrected chi connectivity index (χ1v) is 10.2. The van der Waals surface area contributed by atoms with E-state index in [1.165, 1.54) is 11.8 Å². The second-order valence-corrected chi connectivity index (χ2v) is 8.53. The van der Waals surface area contributed by atoms with Gasteiger partial charge in [-0.25, -0.2) is 4.99 Å². The largest absolute Gasteiger partial charge is 0.299 e. The SMILES string of the molecule is CC(=O)C1C(C)=NC(SCC(=O)c2ccc(Cl)cc2)=C(C#N)[C@@H]1CC(C)C. The summed E-state index contributed by atoms with van der Waals surface area (Å²) in [6.07, 6.45) is 0.731. The lowest BCUT2D eigenvalue weighted by atomic mass is 9.75. The summed E-state index contributed by atoms with van der Waals surface area (Å²) in [6.45, 7) is 7.53. The van der Waals surface area contributed by atoms with Crippen LogP contribution in [0, 0.1) is 29.1 Å². The molecule has 1 aliphatic rings. The van der Waals surface area contributed by atoms with Crippen molar-refractivity contribution in [2.75, 3.05) is 5.75 Å². The normalized spacial score (nSPS) is 19.7. The standard InChI is InChI=1S/C21H23ClN2O2S/c1-12(2)9-17-18(10-23)21(24-13(3)20(17)14(4)25)27-11-19(26)15-5-7-16(22)8-6-15/h5-8,12,17,20H,9,11H2,1-4H3/t17-,20?/m0/s1. The number of rotatable bonds is 7. The maximum atomic E-state index is 12.4. The summed E-state index contributed by atoms with van der Waals surface area (Å²) in [7, 11) is 0. The summed E-state index contributed by atoms with van der Waals surface area (Å²) >= 11 is 7.12. The Labute approximate surface area is 169 Å². The van der Waals surface area contributed by atoms with Gasteiger partial charge in [0.15, 0.2) is 5.78 Å². The molecule has 0 aromatic heterocycles. The van der Waals surface area contributed by atoms with Crippen LogP contribution in [0.15, 0.2) is 39.9 Å². The average molecular weight is 403 g/mol. The molecule has 6 heteroatoms. The molecule has 0 fully saturated rings. The van der Waals surface area contributed by atoms with Gasteiger partial charge in [0.05, 0.1) is 23.3 Å². The van der Waals surface area contributed by atoms with Crippen LogP contribution in [0.25, 0.3) is 0 Å². The monoisotopic (exact) mass is 402 g/mol. The Kier molecular flexibility index (Phi) is 7.41. The Hall–Kier alpha value is -1.90. The quantitative estimate of drug-likeness (QED) is 0.577. The third-order valence-corrected chi connectivity index (χ3v) is 5.76. The van der Waals surface area contributed by atoms with E-state index in [2.05, 4.69) is 24.9 Å². The molecule has 0 bridgehead atoms. The highest BCUT2D eigenvalue weighted by Crippen LogP contribution is 2.39. The van der Waals surface area contributed by atoms with Gasteiger partial charge in [-0.15, -0.1) is 0 Å². The van der Waals surface area contributed by atoms with Crippen molar-refractivity contribution in [2.45, 2.75) is 34.1 Å². The minimum atomic E-state index is -0.363. The third kappa shape index (κ3) is 5.31. The van der Waals surface area contributed by atoms with Gasteiger partial charge < -0.3 is 0 Å². The number of ketones is 2. The molecule has 1 aromatic carbocycles. The molecule has 0 saturated heterocycles. The number of allylic oxidation sites excluding steroid dienone is 1. The molecule has 142 valence electrons. The van der Waals surface area contributed by atoms with Crippen LogP contribution in [-0.4, -0.2) is 23.0 Å². The number of Topliss-reactive ketones (excluding diaryl/α,β-unsaturated/α-hetero) is 2. The van der Waals surface area contributed by atoms with Crippen LogP contribution < -0.4 is 0 Å². The van der Waals surface area contributed by atoms with Gasteiger partial charge >= 0.3 is 0 Å². The molecule has 1 aliphatic heterocycles. The summed E-state index contributed by atoms with van der Waals surface area (Å²) < 4.78 is 0. The average Bonchev–Trinajstić information content (AvgIpc) is 2.59. The fourth-order valence-corrected chi connectivity index (χ4v) is 4.46. The van der Waals surface area contributed by atoms with E-state index < -0.39 is 0 Å². The number of aliphatic imine (C=N–C) groups is 1. The van der Waals surface area contributed by atoms with E-state index in [0.717, 1.165) is 6.42 Å². The van der Waals surface area contributed by atoms with E-state index in [1.54, 1.807) is 31.2 Å². The Morgan fingerprint density at radius 2 is 1.93 bits per heavy atom. The van der Waals surface area contributed by atoms with Crippen molar-refractivity contribution in [1.29, 1.82) is 5.26 Å². The summed E-state index contributed by atoms with van der Waals surface area (Å²) in [5.74, 6) is -0.0539. The molecule has 27 heavy (non-hydrogen) atoms. The summed E-state index contributed by atoms with van der Waals surface area (Å²) in [5.41, 5.74) is 1.81. The first-order valence-electron chi connectivity index (χ1n) is 8.86. The number of nitriles is 1. The molecule has 0 N–H and O–H groups in total. The molecule has 0 spiro atoms. The lowest BCUT2D eigenvalue weighted by Gasteiger charge is -2.30. The van der Waals surface area contributed by atoms with Crippen molar-refractivity contribution in [3.05, 3.63) is 45.5 Å². The van der Waals surface area contributed by atoms with Crippen molar-refractivity contribution in [3.63, 3.8) is 0 Å². The van der Waals surface area contributed by atoms with Crippen LogP contribution in [0.4, 0.5) is 0 Å². The Morgan fingerprint density at radius 1 is 1.30 bits per heavy atom. The zero-order valence-corrected chi connectivity index (χ0v) is 17.5. The lowest BCUT2D eigenvalue weighted by molar-refractivity contribution is -0.119. The Morgan fingerprint density at radius 3 is 2.44 bits per heavy atom. The topological polar surface area (TPSA) is 70.3 Å². The van der Waals surface area contributed by atoms with Crippen LogP contribution >= 0.6 is 23.4 Å². The molecule has 2 rings (SSSR count). The number of benzene rings is 1. The van der Waals surface area contributed by atoms with Gasteiger partial charge in [0.25, 0.3) is 0 Å². The fraction of sp³-hybridized carbons (Fsp3) is 0.429. The molecule has 1 aromatic rings. The first-order chi connectivity index (χ1) is 12.7. The molecule has 0 radical (unpaired) electrons. The van der Waals surface area contributed by atoms with Gasteiger partial charge in [-0.1, -0.05) is 37.2 Å².